The third kappa shape index (κ3) is 1.99. The first-order valence-electron chi connectivity index (χ1n) is 7.11. The average Bonchev–Trinajstić information content (AvgIpc) is 2.53. The number of aliphatic hydroxyl groups excluding tert-OH is 1. The molecule has 0 radical (unpaired) electrons. The summed E-state index contributed by atoms with van der Waals surface area (Å²) in [6, 6.07) is 0. The van der Waals surface area contributed by atoms with Gasteiger partial charge < -0.3 is 10.4 Å². The van der Waals surface area contributed by atoms with Gasteiger partial charge in [-0.25, -0.2) is 0 Å². The maximum Gasteiger partial charge on any atom is 0.226 e. The summed E-state index contributed by atoms with van der Waals surface area (Å²) in [7, 11) is 0. The fraction of sp³-hybridized carbons (Fsp3) is 0.929. The molecule has 0 aromatic carbocycles. The Morgan fingerprint density at radius 3 is 2.29 bits per heavy atom. The third-order valence-electron chi connectivity index (χ3n) is 5.23. The van der Waals surface area contributed by atoms with Crippen LogP contribution in [0.4, 0.5) is 0 Å². The molecule has 0 heterocycles. The van der Waals surface area contributed by atoms with Crippen LogP contribution in [0.5, 0.6) is 0 Å². The maximum atomic E-state index is 12.4. The lowest BCUT2D eigenvalue weighted by Gasteiger charge is -2.47. The van der Waals surface area contributed by atoms with Crippen molar-refractivity contribution in [3.63, 3.8) is 0 Å². The zero-order valence-electron chi connectivity index (χ0n) is 10.5. The van der Waals surface area contributed by atoms with E-state index in [1.54, 1.807) is 0 Å². The van der Waals surface area contributed by atoms with Crippen molar-refractivity contribution in [3.8, 4) is 0 Å². The topological polar surface area (TPSA) is 49.3 Å². The Balaban J connectivity index is 1.79. The molecule has 4 aliphatic rings. The van der Waals surface area contributed by atoms with Crippen LogP contribution in [0.1, 0.15) is 44.9 Å². The molecule has 3 nitrogen and oxygen atoms in total. The molecular weight excluding hydrogens is 214 g/mol. The quantitative estimate of drug-likeness (QED) is 0.785. The minimum absolute atomic E-state index is 0.0537. The lowest BCUT2D eigenvalue weighted by molar-refractivity contribution is -0.138. The fourth-order valence-electron chi connectivity index (χ4n) is 4.83. The highest BCUT2D eigenvalue weighted by Crippen LogP contribution is 2.57. The van der Waals surface area contributed by atoms with Crippen molar-refractivity contribution in [2.75, 3.05) is 13.2 Å². The van der Waals surface area contributed by atoms with Crippen LogP contribution in [0.3, 0.4) is 0 Å². The van der Waals surface area contributed by atoms with Gasteiger partial charge in [-0.3, -0.25) is 4.79 Å². The Kier molecular flexibility index (Phi) is 2.89. The van der Waals surface area contributed by atoms with E-state index in [1.807, 2.05) is 0 Å². The number of amides is 1. The van der Waals surface area contributed by atoms with Gasteiger partial charge in [-0.15, -0.1) is 0 Å². The highest BCUT2D eigenvalue weighted by atomic mass is 16.3. The van der Waals surface area contributed by atoms with Gasteiger partial charge in [0.15, 0.2) is 0 Å². The monoisotopic (exact) mass is 237 g/mol. The Hall–Kier alpha value is -0.570. The molecule has 4 rings (SSSR count). The Bertz CT molecular complexity index is 299. The third-order valence-corrected chi connectivity index (χ3v) is 5.23. The van der Waals surface area contributed by atoms with Crippen LogP contribution in [-0.4, -0.2) is 24.2 Å². The van der Waals surface area contributed by atoms with Crippen molar-refractivity contribution in [1.29, 1.82) is 0 Å². The average molecular weight is 237 g/mol. The molecule has 4 fully saturated rings. The van der Waals surface area contributed by atoms with Gasteiger partial charge in [-0.1, -0.05) is 12.8 Å². The van der Waals surface area contributed by atoms with E-state index >= 15 is 0 Å². The van der Waals surface area contributed by atoms with Gasteiger partial charge in [-0.05, 0) is 49.9 Å². The zero-order chi connectivity index (χ0) is 11.9. The SMILES string of the molecule is O=C(NCCO)C12CC3C[C@@H](CC[C@@H](C3)C1)C2. The lowest BCUT2D eigenvalue weighted by Crippen LogP contribution is -2.49. The summed E-state index contributed by atoms with van der Waals surface area (Å²) in [5.41, 5.74) is -0.0673. The molecule has 1 amide bonds. The Labute approximate surface area is 103 Å². The summed E-state index contributed by atoms with van der Waals surface area (Å²) in [6.45, 7) is 0.471. The summed E-state index contributed by atoms with van der Waals surface area (Å²) < 4.78 is 0. The molecule has 0 aromatic rings. The van der Waals surface area contributed by atoms with Crippen molar-refractivity contribution >= 4 is 5.91 Å². The molecule has 96 valence electrons. The fourth-order valence-corrected chi connectivity index (χ4v) is 4.83. The molecule has 17 heavy (non-hydrogen) atoms. The maximum absolute atomic E-state index is 12.4. The molecule has 4 aliphatic carbocycles. The van der Waals surface area contributed by atoms with E-state index in [0.717, 1.165) is 37.0 Å². The largest absolute Gasteiger partial charge is 0.395 e. The van der Waals surface area contributed by atoms with E-state index in [4.69, 9.17) is 5.11 Å². The number of hydrogen-bond acceptors (Lipinski definition) is 2. The van der Waals surface area contributed by atoms with Gasteiger partial charge in [0.05, 0.1) is 6.61 Å². The standard InChI is InChI=1S/C14H23NO2/c16-4-3-15-13(17)14-7-10-1-2-11(8-14)6-12(5-10)9-14/h10-12,16H,1-9H2,(H,15,17)/t10-,11+,12?,14?. The highest BCUT2D eigenvalue weighted by molar-refractivity contribution is 5.83. The van der Waals surface area contributed by atoms with E-state index < -0.39 is 0 Å². The van der Waals surface area contributed by atoms with Crippen LogP contribution in [-0.2, 0) is 4.79 Å². The van der Waals surface area contributed by atoms with Gasteiger partial charge in [0.2, 0.25) is 5.91 Å². The number of carbonyl (C=O) groups excluding carboxylic acids is 1. The highest BCUT2D eigenvalue weighted by Gasteiger charge is 2.52. The predicted molar refractivity (Wildman–Crippen MR) is 65.3 cm³/mol. The summed E-state index contributed by atoms with van der Waals surface area (Å²) in [5, 5.41) is 11.8. The van der Waals surface area contributed by atoms with Crippen molar-refractivity contribution in [2.24, 2.45) is 23.2 Å². The zero-order valence-corrected chi connectivity index (χ0v) is 10.5. The molecule has 0 aliphatic heterocycles. The van der Waals surface area contributed by atoms with Crippen LogP contribution in [0.15, 0.2) is 0 Å². The van der Waals surface area contributed by atoms with Crippen LogP contribution in [0.25, 0.3) is 0 Å². The number of aliphatic hydroxyl groups is 1. The van der Waals surface area contributed by atoms with Crippen LogP contribution < -0.4 is 5.32 Å². The number of hydrogen-bond donors (Lipinski definition) is 2. The Morgan fingerprint density at radius 2 is 1.71 bits per heavy atom. The molecule has 4 atom stereocenters. The molecular formula is C14H23NO2. The second kappa shape index (κ2) is 4.27. The summed E-state index contributed by atoms with van der Waals surface area (Å²) >= 11 is 0. The van der Waals surface area contributed by atoms with Gasteiger partial charge in [0, 0.05) is 12.0 Å². The number of fused-ring (bicyclic) bond motifs is 1. The first-order chi connectivity index (χ1) is 8.22. The van der Waals surface area contributed by atoms with Gasteiger partial charge in [0.25, 0.3) is 0 Å². The first-order valence-corrected chi connectivity index (χ1v) is 7.11. The smallest absolute Gasteiger partial charge is 0.226 e. The van der Waals surface area contributed by atoms with Crippen LogP contribution in [0, 0.1) is 23.2 Å². The molecule has 0 spiro atoms. The first kappa shape index (κ1) is 11.5. The molecule has 2 N–H and O–H groups in total. The number of nitrogens with one attached hydrogen (secondary N) is 1. The van der Waals surface area contributed by atoms with E-state index in [9.17, 15) is 4.79 Å². The van der Waals surface area contributed by atoms with Gasteiger partial charge in [0.1, 0.15) is 0 Å². The van der Waals surface area contributed by atoms with Gasteiger partial charge >= 0.3 is 0 Å². The number of carbonyl (C=O) groups is 1. The normalized spacial score (nSPS) is 43.5. The Morgan fingerprint density at radius 1 is 1.12 bits per heavy atom. The van der Waals surface area contributed by atoms with E-state index in [-0.39, 0.29) is 17.9 Å². The lowest BCUT2D eigenvalue weighted by atomic mass is 9.58. The second-order valence-corrected chi connectivity index (χ2v) is 6.52. The molecule has 0 aromatic heterocycles. The molecule has 3 heteroatoms. The van der Waals surface area contributed by atoms with Crippen LogP contribution in [0.2, 0.25) is 0 Å². The van der Waals surface area contributed by atoms with Crippen molar-refractivity contribution in [1.82, 2.24) is 5.32 Å². The van der Waals surface area contributed by atoms with E-state index in [0.29, 0.717) is 6.54 Å². The number of rotatable bonds is 3. The molecule has 2 unspecified atom stereocenters. The minimum Gasteiger partial charge on any atom is -0.395 e. The van der Waals surface area contributed by atoms with Crippen molar-refractivity contribution in [2.45, 2.75) is 44.9 Å². The predicted octanol–water partition coefficient (Wildman–Crippen LogP) is 1.70. The summed E-state index contributed by atoms with van der Waals surface area (Å²) in [5.74, 6) is 2.62. The molecule has 0 saturated heterocycles. The van der Waals surface area contributed by atoms with Crippen molar-refractivity contribution in [3.05, 3.63) is 0 Å². The van der Waals surface area contributed by atoms with Crippen molar-refractivity contribution < 1.29 is 9.90 Å². The minimum atomic E-state index is -0.0673. The van der Waals surface area contributed by atoms with Crippen LogP contribution >= 0.6 is 0 Å². The summed E-state index contributed by atoms with van der Waals surface area (Å²) in [6.07, 6.45) is 8.75. The second-order valence-electron chi connectivity index (χ2n) is 6.52. The summed E-state index contributed by atoms with van der Waals surface area (Å²) in [4.78, 5) is 12.4. The molecule has 4 bridgehead atoms. The molecule has 4 saturated carbocycles. The van der Waals surface area contributed by atoms with Gasteiger partial charge in [-0.2, -0.15) is 0 Å². The van der Waals surface area contributed by atoms with E-state index in [2.05, 4.69) is 5.32 Å². The van der Waals surface area contributed by atoms with E-state index in [1.165, 1.54) is 25.7 Å².